The molecule has 4 fully saturated rings. The lowest BCUT2D eigenvalue weighted by molar-refractivity contribution is -0.149. The zero-order valence-corrected chi connectivity index (χ0v) is 16.2. The summed E-state index contributed by atoms with van der Waals surface area (Å²) >= 11 is 0. The lowest BCUT2D eigenvalue weighted by Crippen LogP contribution is -2.51. The van der Waals surface area contributed by atoms with E-state index in [1.807, 2.05) is 24.1 Å². The average molecular weight is 364 g/mol. The van der Waals surface area contributed by atoms with Gasteiger partial charge in [-0.3, -0.25) is 4.79 Å². The maximum absolute atomic E-state index is 13.4. The number of hydrogen-bond donors (Lipinski definition) is 0. The van der Waals surface area contributed by atoms with Crippen molar-refractivity contribution >= 4 is 5.91 Å². The van der Waals surface area contributed by atoms with Gasteiger partial charge in [-0.05, 0) is 80.4 Å². The first-order valence-electron chi connectivity index (χ1n) is 10.3. The van der Waals surface area contributed by atoms with Crippen LogP contribution >= 0.6 is 0 Å². The summed E-state index contributed by atoms with van der Waals surface area (Å²) < 4.78 is 1.75. The molecule has 142 valence electrons. The number of hydrogen-bond acceptors (Lipinski definition) is 3. The molecule has 4 bridgehead atoms. The lowest BCUT2D eigenvalue weighted by atomic mass is 9.51. The van der Waals surface area contributed by atoms with Gasteiger partial charge in [-0.1, -0.05) is 12.1 Å². The summed E-state index contributed by atoms with van der Waals surface area (Å²) in [5.41, 5.74) is 2.15. The third-order valence-electron chi connectivity index (χ3n) is 7.50. The van der Waals surface area contributed by atoms with E-state index in [1.54, 1.807) is 11.0 Å². The average Bonchev–Trinajstić information content (AvgIpc) is 3.21. The Labute approximate surface area is 160 Å². The number of nitrogens with zero attached hydrogens (tertiary/aromatic N) is 4. The van der Waals surface area contributed by atoms with Crippen molar-refractivity contribution in [2.45, 2.75) is 45.1 Å². The largest absolute Gasteiger partial charge is 0.339 e. The van der Waals surface area contributed by atoms with Crippen molar-refractivity contribution in [3.05, 3.63) is 42.5 Å². The van der Waals surface area contributed by atoms with Gasteiger partial charge < -0.3 is 4.90 Å². The number of carbonyl (C=O) groups is 1. The van der Waals surface area contributed by atoms with Crippen LogP contribution in [0.4, 0.5) is 0 Å². The van der Waals surface area contributed by atoms with Gasteiger partial charge in [0.15, 0.2) is 0 Å². The third-order valence-corrected chi connectivity index (χ3v) is 7.50. The molecule has 2 aromatic rings. The van der Waals surface area contributed by atoms with Crippen LogP contribution in [0.2, 0.25) is 0 Å². The zero-order valence-electron chi connectivity index (χ0n) is 16.2. The van der Waals surface area contributed by atoms with Crippen LogP contribution in [0.5, 0.6) is 0 Å². The van der Waals surface area contributed by atoms with Crippen LogP contribution < -0.4 is 0 Å². The maximum atomic E-state index is 13.4. The minimum atomic E-state index is 0.0829. The molecule has 4 aliphatic rings. The van der Waals surface area contributed by atoms with E-state index >= 15 is 0 Å². The van der Waals surface area contributed by atoms with Crippen LogP contribution in [0.3, 0.4) is 0 Å². The molecule has 0 N–H and O–H groups in total. The van der Waals surface area contributed by atoms with Crippen molar-refractivity contribution in [2.75, 3.05) is 7.05 Å². The monoisotopic (exact) mass is 364 g/mol. The van der Waals surface area contributed by atoms with E-state index in [9.17, 15) is 4.79 Å². The molecule has 4 saturated carbocycles. The van der Waals surface area contributed by atoms with Crippen LogP contribution in [0.25, 0.3) is 5.69 Å². The number of carbonyl (C=O) groups excluding carboxylic acids is 1. The predicted octanol–water partition coefficient (Wildman–Crippen LogP) is 3.86. The van der Waals surface area contributed by atoms with Crippen LogP contribution in [-0.4, -0.2) is 32.6 Å². The minimum absolute atomic E-state index is 0.0829. The quantitative estimate of drug-likeness (QED) is 0.828. The second-order valence-corrected chi connectivity index (χ2v) is 9.01. The number of benzene rings is 1. The summed E-state index contributed by atoms with van der Waals surface area (Å²) in [6, 6.07) is 8.37. The Morgan fingerprint density at radius 3 is 2.26 bits per heavy atom. The highest BCUT2D eigenvalue weighted by Crippen LogP contribution is 2.57. The summed E-state index contributed by atoms with van der Waals surface area (Å²) in [4.78, 5) is 19.4. The van der Waals surface area contributed by atoms with Gasteiger partial charge in [0.1, 0.15) is 12.7 Å². The molecule has 0 spiro atoms. The molecule has 0 aliphatic heterocycles. The fraction of sp³-hybridized carbons (Fsp3) is 0.591. The first kappa shape index (κ1) is 17.0. The van der Waals surface area contributed by atoms with Crippen LogP contribution in [0, 0.1) is 29.6 Å². The van der Waals surface area contributed by atoms with Gasteiger partial charge in [0.25, 0.3) is 0 Å². The van der Waals surface area contributed by atoms with Crippen LogP contribution in [0.15, 0.2) is 36.9 Å². The van der Waals surface area contributed by atoms with Crippen molar-refractivity contribution in [1.29, 1.82) is 0 Å². The normalized spacial score (nSPS) is 32.4. The SMILES string of the molecule is CC(c1ccc(-n2cncn2)cc1)N(C)C(=O)C1C2CC3CC(C2)CC1C3. The van der Waals surface area contributed by atoms with Crippen molar-refractivity contribution in [3.8, 4) is 5.69 Å². The minimum Gasteiger partial charge on any atom is -0.339 e. The molecule has 27 heavy (non-hydrogen) atoms. The Morgan fingerprint density at radius 2 is 1.70 bits per heavy atom. The van der Waals surface area contributed by atoms with E-state index < -0.39 is 0 Å². The van der Waals surface area contributed by atoms with Crippen molar-refractivity contribution in [3.63, 3.8) is 0 Å². The molecule has 1 amide bonds. The zero-order chi connectivity index (χ0) is 18.5. The first-order valence-corrected chi connectivity index (χ1v) is 10.3. The molecule has 0 saturated heterocycles. The van der Waals surface area contributed by atoms with E-state index in [-0.39, 0.29) is 12.0 Å². The van der Waals surface area contributed by atoms with E-state index in [4.69, 9.17) is 0 Å². The fourth-order valence-corrected chi connectivity index (χ4v) is 6.23. The first-order chi connectivity index (χ1) is 13.1. The third kappa shape index (κ3) is 2.88. The summed E-state index contributed by atoms with van der Waals surface area (Å²) in [6.45, 7) is 2.14. The van der Waals surface area contributed by atoms with Crippen molar-refractivity contribution in [2.24, 2.45) is 29.6 Å². The van der Waals surface area contributed by atoms with Gasteiger partial charge in [0.2, 0.25) is 5.91 Å². The van der Waals surface area contributed by atoms with Crippen molar-refractivity contribution in [1.82, 2.24) is 19.7 Å². The van der Waals surface area contributed by atoms with E-state index in [2.05, 4.69) is 29.1 Å². The van der Waals surface area contributed by atoms with Gasteiger partial charge in [0.05, 0.1) is 11.7 Å². The molecule has 1 atom stereocenters. The summed E-state index contributed by atoms with van der Waals surface area (Å²) in [6.07, 6.45) is 9.82. The van der Waals surface area contributed by atoms with Crippen molar-refractivity contribution < 1.29 is 4.79 Å². The highest BCUT2D eigenvalue weighted by atomic mass is 16.2. The summed E-state index contributed by atoms with van der Waals surface area (Å²) in [7, 11) is 1.99. The molecule has 0 radical (unpaired) electrons. The second kappa shape index (κ2) is 6.47. The Morgan fingerprint density at radius 1 is 1.07 bits per heavy atom. The molecule has 4 aliphatic carbocycles. The molecule has 1 aromatic heterocycles. The Balaban J connectivity index is 1.31. The van der Waals surface area contributed by atoms with Crippen LogP contribution in [0.1, 0.15) is 50.6 Å². The lowest BCUT2D eigenvalue weighted by Gasteiger charge is -2.54. The molecule has 6 rings (SSSR count). The van der Waals surface area contributed by atoms with E-state index in [0.29, 0.717) is 17.7 Å². The Kier molecular flexibility index (Phi) is 4.06. The second-order valence-electron chi connectivity index (χ2n) is 9.01. The van der Waals surface area contributed by atoms with Gasteiger partial charge in [-0.2, -0.15) is 5.10 Å². The smallest absolute Gasteiger partial charge is 0.226 e. The highest BCUT2D eigenvalue weighted by Gasteiger charge is 2.51. The molecular formula is C22H28N4O. The summed E-state index contributed by atoms with van der Waals surface area (Å²) in [5, 5.41) is 4.17. The molecule has 1 unspecified atom stereocenters. The topological polar surface area (TPSA) is 51.0 Å². The Hall–Kier alpha value is -2.17. The predicted molar refractivity (Wildman–Crippen MR) is 103 cm³/mol. The van der Waals surface area contributed by atoms with E-state index in [1.165, 1.54) is 44.0 Å². The van der Waals surface area contributed by atoms with Gasteiger partial charge >= 0.3 is 0 Å². The molecule has 1 heterocycles. The Bertz CT molecular complexity index is 785. The molecule has 5 nitrogen and oxygen atoms in total. The standard InChI is InChI=1S/C22H28N4O/c1-14(17-3-5-20(6-4-17)26-13-23-12-24-26)25(2)22(27)21-18-8-15-7-16(10-18)11-19(21)9-15/h3-6,12-16,18-19,21H,7-11H2,1-2H3. The summed E-state index contributed by atoms with van der Waals surface area (Å²) in [5.74, 6) is 3.72. The fourth-order valence-electron chi connectivity index (χ4n) is 6.23. The van der Waals surface area contributed by atoms with Crippen LogP contribution in [-0.2, 0) is 4.79 Å². The number of amides is 1. The molecule has 5 heteroatoms. The van der Waals surface area contributed by atoms with Gasteiger partial charge in [-0.25, -0.2) is 9.67 Å². The highest BCUT2D eigenvalue weighted by molar-refractivity contribution is 5.80. The molecule has 1 aromatic carbocycles. The maximum Gasteiger partial charge on any atom is 0.226 e. The molecular weight excluding hydrogens is 336 g/mol. The number of aromatic nitrogens is 3. The number of rotatable bonds is 4. The van der Waals surface area contributed by atoms with Gasteiger partial charge in [-0.15, -0.1) is 0 Å². The van der Waals surface area contributed by atoms with E-state index in [0.717, 1.165) is 17.5 Å². The van der Waals surface area contributed by atoms with Gasteiger partial charge in [0, 0.05) is 13.0 Å².